The van der Waals surface area contributed by atoms with E-state index in [-0.39, 0.29) is 17.4 Å². The van der Waals surface area contributed by atoms with E-state index in [4.69, 9.17) is 40.5 Å². The van der Waals surface area contributed by atoms with Crippen molar-refractivity contribution in [2.45, 2.75) is 11.4 Å². The zero-order valence-electron chi connectivity index (χ0n) is 17.5. The largest absolute Gasteiger partial charge is 0.369 e. The first-order chi connectivity index (χ1) is 16.2. The van der Waals surface area contributed by atoms with Gasteiger partial charge >= 0.3 is 0 Å². The Balaban J connectivity index is 1.61. The Labute approximate surface area is 211 Å². The van der Waals surface area contributed by atoms with Crippen molar-refractivity contribution in [3.05, 3.63) is 99.6 Å². The lowest BCUT2D eigenvalue weighted by Gasteiger charge is -2.08. The lowest BCUT2D eigenvalue weighted by atomic mass is 10.1. The van der Waals surface area contributed by atoms with E-state index < -0.39 is 10.0 Å². The molecule has 0 radical (unpaired) electrons. The van der Waals surface area contributed by atoms with Crippen molar-refractivity contribution >= 4 is 50.8 Å². The summed E-state index contributed by atoms with van der Waals surface area (Å²) < 4.78 is 29.0. The minimum atomic E-state index is -3.92. The van der Waals surface area contributed by atoms with Crippen molar-refractivity contribution in [2.24, 2.45) is 10.7 Å². The van der Waals surface area contributed by atoms with Gasteiger partial charge in [0.15, 0.2) is 0 Å². The van der Waals surface area contributed by atoms with Gasteiger partial charge in [0.2, 0.25) is 5.96 Å². The van der Waals surface area contributed by atoms with Crippen molar-refractivity contribution < 1.29 is 8.42 Å². The number of aliphatic imine (C=N–C) groups is 1. The Morgan fingerprint density at radius 2 is 1.56 bits per heavy atom. The van der Waals surface area contributed by atoms with Gasteiger partial charge in [-0.15, -0.1) is 0 Å². The van der Waals surface area contributed by atoms with Gasteiger partial charge < -0.3 is 5.73 Å². The van der Waals surface area contributed by atoms with Gasteiger partial charge in [-0.3, -0.25) is 0 Å². The van der Waals surface area contributed by atoms with E-state index in [1.807, 2.05) is 30.3 Å². The molecule has 0 bridgehead atoms. The van der Waals surface area contributed by atoms with Crippen LogP contribution in [0.3, 0.4) is 0 Å². The summed E-state index contributed by atoms with van der Waals surface area (Å²) in [5.41, 5.74) is 8.89. The number of benzene rings is 3. The van der Waals surface area contributed by atoms with Crippen LogP contribution in [0.25, 0.3) is 16.9 Å². The van der Waals surface area contributed by atoms with Gasteiger partial charge in [-0.1, -0.05) is 53.0 Å². The molecule has 0 aliphatic carbocycles. The lowest BCUT2D eigenvalue weighted by Crippen LogP contribution is -2.36. The highest BCUT2D eigenvalue weighted by atomic mass is 35.5. The normalized spacial score (nSPS) is 12.0. The zero-order chi connectivity index (χ0) is 24.3. The number of rotatable bonds is 6. The number of hydrogen-bond donors (Lipinski definition) is 2. The summed E-state index contributed by atoms with van der Waals surface area (Å²) in [7, 11) is -3.92. The van der Waals surface area contributed by atoms with Crippen molar-refractivity contribution in [3.63, 3.8) is 0 Å². The molecule has 0 unspecified atom stereocenters. The van der Waals surface area contributed by atoms with Crippen LogP contribution in [0, 0.1) is 0 Å². The van der Waals surface area contributed by atoms with Crippen LogP contribution in [-0.2, 0) is 16.6 Å². The topological polar surface area (TPSA) is 102 Å². The molecule has 11 heteroatoms. The molecular formula is C23H18Cl3N5O2S. The fourth-order valence-electron chi connectivity index (χ4n) is 3.14. The second-order valence-corrected chi connectivity index (χ2v) is 10.2. The summed E-state index contributed by atoms with van der Waals surface area (Å²) in [6.45, 7) is 0.0467. The third-order valence-electron chi connectivity index (χ3n) is 4.73. The standard InChI is InChI=1S/C23H18Cl3N5O2S/c24-16-6-4-15(5-7-16)22-13-19(29-31(22)20-10-8-17(25)9-11-20)14-28-23(27)30-34(32,33)21-3-1-2-18(26)12-21/h1-13H,14H2,(H3,27,28,30). The molecule has 0 fully saturated rings. The van der Waals surface area contributed by atoms with Crippen molar-refractivity contribution in [1.82, 2.24) is 14.5 Å². The molecule has 0 saturated carbocycles. The van der Waals surface area contributed by atoms with Crippen LogP contribution in [0.5, 0.6) is 0 Å². The van der Waals surface area contributed by atoms with Gasteiger partial charge in [-0.2, -0.15) is 5.10 Å². The SMILES string of the molecule is NC(=NCc1cc(-c2ccc(Cl)cc2)n(-c2ccc(Cl)cc2)n1)NS(=O)(=O)c1cccc(Cl)c1. The van der Waals surface area contributed by atoms with Gasteiger partial charge in [0.1, 0.15) is 0 Å². The Kier molecular flexibility index (Phi) is 7.13. The van der Waals surface area contributed by atoms with Crippen LogP contribution in [0.15, 0.2) is 88.8 Å². The van der Waals surface area contributed by atoms with Gasteiger partial charge in [-0.05, 0) is 60.7 Å². The minimum Gasteiger partial charge on any atom is -0.369 e. The molecule has 3 aromatic carbocycles. The number of nitrogens with one attached hydrogen (secondary N) is 1. The predicted molar refractivity (Wildman–Crippen MR) is 136 cm³/mol. The van der Waals surface area contributed by atoms with Crippen LogP contribution < -0.4 is 10.5 Å². The first-order valence-electron chi connectivity index (χ1n) is 9.90. The summed E-state index contributed by atoms with van der Waals surface area (Å²) >= 11 is 18.0. The molecule has 4 rings (SSSR count). The Hall–Kier alpha value is -3.04. The number of hydrogen-bond acceptors (Lipinski definition) is 4. The van der Waals surface area contributed by atoms with Crippen molar-refractivity contribution in [1.29, 1.82) is 0 Å². The van der Waals surface area contributed by atoms with Crippen molar-refractivity contribution in [3.8, 4) is 16.9 Å². The number of nitrogens with zero attached hydrogens (tertiary/aromatic N) is 3. The van der Waals surface area contributed by atoms with Crippen LogP contribution in [-0.4, -0.2) is 24.2 Å². The fourth-order valence-corrected chi connectivity index (χ4v) is 4.65. The number of nitrogens with two attached hydrogens (primary N) is 1. The predicted octanol–water partition coefficient (Wildman–Crippen LogP) is 5.29. The van der Waals surface area contributed by atoms with Crippen LogP contribution in [0.4, 0.5) is 0 Å². The van der Waals surface area contributed by atoms with Gasteiger partial charge in [-0.25, -0.2) is 22.8 Å². The summed E-state index contributed by atoms with van der Waals surface area (Å²) in [6, 6.07) is 22.3. The van der Waals surface area contributed by atoms with Crippen molar-refractivity contribution in [2.75, 3.05) is 0 Å². The Morgan fingerprint density at radius 1 is 0.912 bits per heavy atom. The van der Waals surface area contributed by atoms with E-state index in [0.29, 0.717) is 20.8 Å². The maximum absolute atomic E-state index is 12.5. The Morgan fingerprint density at radius 3 is 2.21 bits per heavy atom. The molecule has 0 atom stereocenters. The zero-order valence-corrected chi connectivity index (χ0v) is 20.6. The average Bonchev–Trinajstić information content (AvgIpc) is 3.23. The Bertz CT molecular complexity index is 1390. The first-order valence-corrected chi connectivity index (χ1v) is 12.5. The van der Waals surface area contributed by atoms with Gasteiger partial charge in [0.25, 0.3) is 10.0 Å². The third kappa shape index (κ3) is 5.71. The lowest BCUT2D eigenvalue weighted by molar-refractivity contribution is 0.592. The summed E-state index contributed by atoms with van der Waals surface area (Å²) in [5.74, 6) is -0.269. The quantitative estimate of drug-likeness (QED) is 0.259. The average molecular weight is 535 g/mol. The maximum Gasteiger partial charge on any atom is 0.264 e. The highest BCUT2D eigenvalue weighted by molar-refractivity contribution is 7.90. The molecule has 0 spiro atoms. The highest BCUT2D eigenvalue weighted by Crippen LogP contribution is 2.26. The summed E-state index contributed by atoms with van der Waals surface area (Å²) in [5, 5.41) is 6.14. The molecule has 3 N–H and O–H groups in total. The van der Waals surface area contributed by atoms with E-state index >= 15 is 0 Å². The van der Waals surface area contributed by atoms with Crippen LogP contribution in [0.2, 0.25) is 15.1 Å². The number of aromatic nitrogens is 2. The molecule has 1 aromatic heterocycles. The van der Waals surface area contributed by atoms with E-state index in [9.17, 15) is 8.42 Å². The molecule has 0 aliphatic heterocycles. The van der Waals surface area contributed by atoms with E-state index in [0.717, 1.165) is 16.9 Å². The van der Waals surface area contributed by atoms with Crippen LogP contribution >= 0.6 is 34.8 Å². The van der Waals surface area contributed by atoms with Crippen LogP contribution in [0.1, 0.15) is 5.69 Å². The second kappa shape index (κ2) is 10.1. The molecule has 0 amide bonds. The maximum atomic E-state index is 12.5. The molecule has 1 heterocycles. The van der Waals surface area contributed by atoms with E-state index in [1.165, 1.54) is 18.2 Å². The molecule has 174 valence electrons. The van der Waals surface area contributed by atoms with Gasteiger partial charge in [0.05, 0.1) is 28.5 Å². The molecular weight excluding hydrogens is 517 g/mol. The molecule has 7 nitrogen and oxygen atoms in total. The highest BCUT2D eigenvalue weighted by Gasteiger charge is 2.16. The minimum absolute atomic E-state index is 0.0183. The number of guanidine groups is 1. The fraction of sp³-hybridized carbons (Fsp3) is 0.0435. The number of halogens is 3. The van der Waals surface area contributed by atoms with Gasteiger partial charge in [0, 0.05) is 20.6 Å². The molecule has 34 heavy (non-hydrogen) atoms. The monoisotopic (exact) mass is 533 g/mol. The second-order valence-electron chi connectivity index (χ2n) is 7.18. The first kappa shape index (κ1) is 24.1. The number of sulfonamides is 1. The molecule has 4 aromatic rings. The third-order valence-corrected chi connectivity index (χ3v) is 6.82. The molecule has 0 aliphatic rings. The smallest absolute Gasteiger partial charge is 0.264 e. The van der Waals surface area contributed by atoms with E-state index in [2.05, 4.69) is 14.8 Å². The van der Waals surface area contributed by atoms with E-state index in [1.54, 1.807) is 35.0 Å². The summed E-state index contributed by atoms with van der Waals surface area (Å²) in [6.07, 6.45) is 0. The molecule has 0 saturated heterocycles. The summed E-state index contributed by atoms with van der Waals surface area (Å²) in [4.78, 5) is 4.13.